The molecule has 3 rings (SSSR count). The Kier molecular flexibility index (Phi) is 8.16. The molecule has 0 saturated carbocycles. The third-order valence-electron chi connectivity index (χ3n) is 4.50. The van der Waals surface area contributed by atoms with Crippen molar-refractivity contribution in [1.82, 2.24) is 31.1 Å². The highest BCUT2D eigenvalue weighted by atomic mass is 32.1. The van der Waals surface area contributed by atoms with Crippen LogP contribution < -0.4 is 21.5 Å². The summed E-state index contributed by atoms with van der Waals surface area (Å²) in [5, 5.41) is 15.1. The molecule has 0 radical (unpaired) electrons. The van der Waals surface area contributed by atoms with E-state index in [0.717, 1.165) is 16.7 Å². The number of nitrogens with zero attached hydrogens (tertiary/aromatic N) is 3. The number of hydrogen-bond donors (Lipinski definition) is 5. The van der Waals surface area contributed by atoms with Crippen LogP contribution in [0.4, 0.5) is 23.8 Å². The Morgan fingerprint density at radius 2 is 1.86 bits per heavy atom. The molecule has 36 heavy (non-hydrogen) atoms. The van der Waals surface area contributed by atoms with Gasteiger partial charge in [0.25, 0.3) is 11.8 Å². The van der Waals surface area contributed by atoms with Crippen LogP contribution in [-0.4, -0.2) is 50.6 Å². The lowest BCUT2D eigenvalue weighted by molar-refractivity contribution is -0.140. The van der Waals surface area contributed by atoms with Gasteiger partial charge in [0, 0.05) is 47.2 Å². The molecule has 0 unspecified atom stereocenters. The first kappa shape index (κ1) is 26.5. The monoisotopic (exact) mass is 523 g/mol. The number of halogens is 3. The lowest BCUT2D eigenvalue weighted by Crippen LogP contribution is -2.45. The number of aromatic nitrogens is 3. The second kappa shape index (κ2) is 11.1. The molecular formula is C21H20F3N7O4S. The van der Waals surface area contributed by atoms with Crippen LogP contribution in [0.5, 0.6) is 0 Å². The number of aliphatic hydroxyl groups is 1. The Morgan fingerprint density at radius 3 is 2.50 bits per heavy atom. The van der Waals surface area contributed by atoms with Crippen LogP contribution in [0.1, 0.15) is 29.9 Å². The minimum Gasteiger partial charge on any atom is -0.383 e. The molecule has 190 valence electrons. The standard InChI is InChI=1S/C21H20F3N7O4S/c1-3-26-20(35)29-16-5-13(19-28-15(9-36-19)21(22,23)24)14(8-27-16)11-4-12(7-25-6-11)18(34)31-30-17(33)10(2)32/h4-10,32H,3H2,1-2H3,(H,30,33)(H,31,34)(H2,26,27,29,35)/t10-/m0/s1. The Labute approximate surface area is 206 Å². The molecule has 1 atom stereocenters. The van der Waals surface area contributed by atoms with Gasteiger partial charge in [-0.05, 0) is 26.0 Å². The number of thiazole rings is 1. The molecule has 0 fully saturated rings. The third kappa shape index (κ3) is 6.51. The van der Waals surface area contributed by atoms with Gasteiger partial charge in [0.15, 0.2) is 5.69 Å². The highest BCUT2D eigenvalue weighted by Crippen LogP contribution is 2.38. The number of pyridine rings is 2. The smallest absolute Gasteiger partial charge is 0.383 e. The van der Waals surface area contributed by atoms with Crippen molar-refractivity contribution in [3.63, 3.8) is 0 Å². The highest BCUT2D eigenvalue weighted by Gasteiger charge is 2.34. The summed E-state index contributed by atoms with van der Waals surface area (Å²) in [6.07, 6.45) is -2.13. The fourth-order valence-electron chi connectivity index (χ4n) is 2.79. The zero-order chi connectivity index (χ0) is 26.5. The molecule has 11 nitrogen and oxygen atoms in total. The van der Waals surface area contributed by atoms with E-state index in [1.807, 2.05) is 5.43 Å². The number of carbonyl (C=O) groups is 3. The van der Waals surface area contributed by atoms with E-state index in [2.05, 4.69) is 31.0 Å². The molecule has 4 amide bonds. The fraction of sp³-hybridized carbons (Fsp3) is 0.238. The van der Waals surface area contributed by atoms with Crippen molar-refractivity contribution in [3.8, 4) is 21.7 Å². The van der Waals surface area contributed by atoms with Crippen LogP contribution in [0, 0.1) is 0 Å². The first-order chi connectivity index (χ1) is 17.0. The zero-order valence-electron chi connectivity index (χ0n) is 18.8. The van der Waals surface area contributed by atoms with Gasteiger partial charge in [-0.1, -0.05) is 0 Å². The zero-order valence-corrected chi connectivity index (χ0v) is 19.6. The number of hydrazine groups is 1. The summed E-state index contributed by atoms with van der Waals surface area (Å²) in [6.45, 7) is 3.27. The predicted octanol–water partition coefficient (Wildman–Crippen LogP) is 2.57. The summed E-state index contributed by atoms with van der Waals surface area (Å²) >= 11 is 0.743. The summed E-state index contributed by atoms with van der Waals surface area (Å²) < 4.78 is 39.5. The van der Waals surface area contributed by atoms with Crippen LogP contribution in [0.15, 0.2) is 36.1 Å². The van der Waals surface area contributed by atoms with Crippen molar-refractivity contribution >= 4 is 35.0 Å². The van der Waals surface area contributed by atoms with Crippen LogP contribution in [0.3, 0.4) is 0 Å². The highest BCUT2D eigenvalue weighted by molar-refractivity contribution is 7.13. The van der Waals surface area contributed by atoms with Crippen molar-refractivity contribution < 1.29 is 32.7 Å². The third-order valence-corrected chi connectivity index (χ3v) is 5.37. The van der Waals surface area contributed by atoms with Gasteiger partial charge in [0.05, 0.1) is 5.56 Å². The first-order valence-corrected chi connectivity index (χ1v) is 11.2. The molecule has 3 aromatic heterocycles. The van der Waals surface area contributed by atoms with E-state index in [1.54, 1.807) is 6.92 Å². The Bertz CT molecular complexity index is 1280. The number of urea groups is 1. The van der Waals surface area contributed by atoms with Crippen molar-refractivity contribution in [2.45, 2.75) is 26.1 Å². The number of aliphatic hydroxyl groups excluding tert-OH is 1. The van der Waals surface area contributed by atoms with E-state index in [0.29, 0.717) is 12.1 Å². The predicted molar refractivity (Wildman–Crippen MR) is 124 cm³/mol. The summed E-state index contributed by atoms with van der Waals surface area (Å²) in [4.78, 5) is 47.6. The summed E-state index contributed by atoms with van der Waals surface area (Å²) in [7, 11) is 0. The van der Waals surface area contributed by atoms with Crippen molar-refractivity contribution in [2.75, 3.05) is 11.9 Å². The van der Waals surface area contributed by atoms with Gasteiger partial charge in [0.1, 0.15) is 16.9 Å². The van der Waals surface area contributed by atoms with Crippen molar-refractivity contribution in [2.24, 2.45) is 0 Å². The molecule has 3 aromatic rings. The fourth-order valence-corrected chi connectivity index (χ4v) is 3.64. The summed E-state index contributed by atoms with van der Waals surface area (Å²) in [5.41, 5.74) is 3.89. The SMILES string of the molecule is CCNC(=O)Nc1cc(-c2nc(C(F)(F)F)cs2)c(-c2cncc(C(=O)NNC(=O)[C@H](C)O)c2)cn1. The minimum absolute atomic E-state index is 0.00211. The average molecular weight is 523 g/mol. The van der Waals surface area contributed by atoms with E-state index in [-0.39, 0.29) is 27.5 Å². The van der Waals surface area contributed by atoms with Crippen LogP contribution >= 0.6 is 11.3 Å². The van der Waals surface area contributed by atoms with E-state index in [4.69, 9.17) is 0 Å². The number of carbonyl (C=O) groups excluding carboxylic acids is 3. The van der Waals surface area contributed by atoms with Gasteiger partial charge in [-0.2, -0.15) is 13.2 Å². The number of anilines is 1. The molecule has 5 N–H and O–H groups in total. The largest absolute Gasteiger partial charge is 0.434 e. The molecular weight excluding hydrogens is 503 g/mol. The number of amides is 4. The maximum atomic E-state index is 13.2. The number of alkyl halides is 3. The average Bonchev–Trinajstić information content (AvgIpc) is 3.33. The van der Waals surface area contributed by atoms with Crippen LogP contribution in [-0.2, 0) is 11.0 Å². The second-order valence-electron chi connectivity index (χ2n) is 7.22. The lowest BCUT2D eigenvalue weighted by Gasteiger charge is -2.12. The lowest BCUT2D eigenvalue weighted by atomic mass is 10.0. The number of nitrogens with one attached hydrogen (secondary N) is 4. The quantitative estimate of drug-likeness (QED) is 0.311. The molecule has 0 aromatic carbocycles. The molecule has 0 aliphatic heterocycles. The Morgan fingerprint density at radius 1 is 1.11 bits per heavy atom. The molecule has 0 spiro atoms. The molecule has 0 saturated heterocycles. The van der Waals surface area contributed by atoms with Gasteiger partial charge in [-0.15, -0.1) is 11.3 Å². The maximum absolute atomic E-state index is 13.2. The van der Waals surface area contributed by atoms with Crippen molar-refractivity contribution in [1.29, 1.82) is 0 Å². The molecule has 3 heterocycles. The summed E-state index contributed by atoms with van der Waals surface area (Å²) in [5.74, 6) is -1.53. The molecule has 15 heteroatoms. The molecule has 0 aliphatic rings. The van der Waals surface area contributed by atoms with Crippen LogP contribution in [0.2, 0.25) is 0 Å². The van der Waals surface area contributed by atoms with Gasteiger partial charge in [0.2, 0.25) is 0 Å². The first-order valence-electron chi connectivity index (χ1n) is 10.3. The maximum Gasteiger partial charge on any atom is 0.434 e. The van der Waals surface area contributed by atoms with Gasteiger partial charge in [-0.25, -0.2) is 14.8 Å². The summed E-state index contributed by atoms with van der Waals surface area (Å²) in [6, 6.07) is 2.18. The Hall–Kier alpha value is -4.11. The number of hydrogen-bond acceptors (Lipinski definition) is 8. The molecule has 0 bridgehead atoms. The second-order valence-corrected chi connectivity index (χ2v) is 8.07. The van der Waals surface area contributed by atoms with E-state index >= 15 is 0 Å². The minimum atomic E-state index is -4.65. The van der Waals surface area contributed by atoms with Crippen molar-refractivity contribution in [3.05, 3.63) is 47.4 Å². The van der Waals surface area contributed by atoms with Gasteiger partial charge < -0.3 is 10.4 Å². The van der Waals surface area contributed by atoms with Gasteiger partial charge in [-0.3, -0.25) is 30.7 Å². The van der Waals surface area contributed by atoms with E-state index in [1.165, 1.54) is 37.6 Å². The number of rotatable bonds is 6. The molecule has 0 aliphatic carbocycles. The van der Waals surface area contributed by atoms with Crippen LogP contribution in [0.25, 0.3) is 21.7 Å². The van der Waals surface area contributed by atoms with E-state index in [9.17, 15) is 32.7 Å². The topological polar surface area (TPSA) is 158 Å². The Balaban J connectivity index is 2.00. The van der Waals surface area contributed by atoms with E-state index < -0.39 is 35.8 Å². The normalized spacial score (nSPS) is 11.9. The van der Waals surface area contributed by atoms with Gasteiger partial charge >= 0.3 is 12.2 Å².